The van der Waals surface area contributed by atoms with Crippen molar-refractivity contribution in [2.45, 2.75) is 84.7 Å². The number of methoxy groups -OCH3 is 1. The Hall–Kier alpha value is -5.57. The first-order valence-electron chi connectivity index (χ1n) is 16.7. The van der Waals surface area contributed by atoms with Crippen molar-refractivity contribution in [3.05, 3.63) is 112 Å². The maximum atomic E-state index is 14.5. The number of ether oxygens (including phenoxy) is 4. The van der Waals surface area contributed by atoms with Gasteiger partial charge in [0.2, 0.25) is 0 Å². The second-order valence-corrected chi connectivity index (χ2v) is 13.6. The van der Waals surface area contributed by atoms with E-state index in [2.05, 4.69) is 0 Å². The molecular formula is C39H44N2O12. The largest absolute Gasteiger partial charge is 0.496 e. The molecular weight excluding hydrogens is 688 g/mol. The maximum Gasteiger partial charge on any atom is 0.440 e. The summed E-state index contributed by atoms with van der Waals surface area (Å²) in [6, 6.07) is 18.0. The van der Waals surface area contributed by atoms with E-state index in [9.17, 15) is 39.3 Å². The van der Waals surface area contributed by atoms with Crippen LogP contribution in [0.2, 0.25) is 0 Å². The Morgan fingerprint density at radius 1 is 0.849 bits per heavy atom. The minimum Gasteiger partial charge on any atom is -0.496 e. The lowest BCUT2D eigenvalue weighted by Crippen LogP contribution is -2.61. The zero-order chi connectivity index (χ0) is 39.2. The molecule has 3 N–H and O–H groups in total. The van der Waals surface area contributed by atoms with E-state index in [1.165, 1.54) is 19.2 Å². The molecule has 0 heterocycles. The lowest BCUT2D eigenvalue weighted by Gasteiger charge is -2.41. The quantitative estimate of drug-likeness (QED) is 0.163. The number of aliphatic hydroxyl groups excluding tert-OH is 3. The summed E-state index contributed by atoms with van der Waals surface area (Å²) in [4.78, 5) is 70.1. The molecule has 0 bridgehead atoms. The number of imide groups is 1. The van der Waals surface area contributed by atoms with Gasteiger partial charge in [0.15, 0.2) is 0 Å². The van der Waals surface area contributed by atoms with Crippen LogP contribution in [-0.2, 0) is 30.4 Å². The molecule has 282 valence electrons. The molecule has 4 rings (SSSR count). The predicted molar refractivity (Wildman–Crippen MR) is 189 cm³/mol. The van der Waals surface area contributed by atoms with Gasteiger partial charge in [0.05, 0.1) is 18.8 Å². The molecule has 1 aliphatic carbocycles. The van der Waals surface area contributed by atoms with E-state index in [1.54, 1.807) is 90.1 Å². The van der Waals surface area contributed by atoms with Crippen molar-refractivity contribution in [3.63, 3.8) is 0 Å². The number of rotatable bonds is 9. The number of hydrazine groups is 1. The number of carbonyl (C=O) groups excluding carboxylic acids is 5. The minimum absolute atomic E-state index is 0.0575. The average Bonchev–Trinajstić information content (AvgIpc) is 3.10. The Morgan fingerprint density at radius 3 is 2.08 bits per heavy atom. The highest BCUT2D eigenvalue weighted by Crippen LogP contribution is 2.29. The van der Waals surface area contributed by atoms with E-state index >= 15 is 0 Å². The normalized spacial score (nSPS) is 17.5. The van der Waals surface area contributed by atoms with Gasteiger partial charge in [0.25, 0.3) is 11.8 Å². The van der Waals surface area contributed by atoms with Crippen LogP contribution in [0.15, 0.2) is 78.4 Å². The van der Waals surface area contributed by atoms with Gasteiger partial charge in [0, 0.05) is 28.7 Å². The Labute approximate surface area is 307 Å². The van der Waals surface area contributed by atoms with Crippen molar-refractivity contribution in [2.24, 2.45) is 0 Å². The summed E-state index contributed by atoms with van der Waals surface area (Å²) >= 11 is 0. The summed E-state index contributed by atoms with van der Waals surface area (Å²) in [5.74, 6) is -4.18. The third kappa shape index (κ3) is 9.66. The molecule has 3 amide bonds. The summed E-state index contributed by atoms with van der Waals surface area (Å²) in [5.41, 5.74) is 0.773. The van der Waals surface area contributed by atoms with Crippen LogP contribution in [0.5, 0.6) is 5.75 Å². The highest BCUT2D eigenvalue weighted by atomic mass is 16.7. The van der Waals surface area contributed by atoms with Crippen LogP contribution in [0.3, 0.4) is 0 Å². The van der Waals surface area contributed by atoms with E-state index in [0.29, 0.717) is 21.9 Å². The Bertz CT molecular complexity index is 1860. The number of aryl methyl sites for hydroxylation is 2. The third-order valence-electron chi connectivity index (χ3n) is 8.24. The van der Waals surface area contributed by atoms with Crippen molar-refractivity contribution in [2.75, 3.05) is 7.11 Å². The number of esters is 2. The maximum absolute atomic E-state index is 14.5. The predicted octanol–water partition coefficient (Wildman–Crippen LogP) is 4.08. The molecule has 0 fully saturated rings. The van der Waals surface area contributed by atoms with Crippen molar-refractivity contribution in [1.82, 2.24) is 10.0 Å². The van der Waals surface area contributed by atoms with Gasteiger partial charge in [-0.25, -0.2) is 19.4 Å². The van der Waals surface area contributed by atoms with E-state index in [4.69, 9.17) is 18.9 Å². The van der Waals surface area contributed by atoms with Crippen LogP contribution in [-0.4, -0.2) is 92.4 Å². The molecule has 4 atom stereocenters. The summed E-state index contributed by atoms with van der Waals surface area (Å²) in [7, 11) is 1.40. The lowest BCUT2D eigenvalue weighted by atomic mass is 9.92. The van der Waals surface area contributed by atoms with E-state index in [1.807, 2.05) is 6.07 Å². The molecule has 0 aliphatic heterocycles. The van der Waals surface area contributed by atoms with E-state index in [0.717, 1.165) is 22.2 Å². The fraction of sp³-hybridized carbons (Fsp3) is 0.359. The number of carbonyl (C=O) groups is 5. The summed E-state index contributed by atoms with van der Waals surface area (Å²) in [5, 5.41) is 31.5. The van der Waals surface area contributed by atoms with Gasteiger partial charge >= 0.3 is 24.3 Å². The Balaban J connectivity index is 1.80. The van der Waals surface area contributed by atoms with E-state index in [-0.39, 0.29) is 23.3 Å². The van der Waals surface area contributed by atoms with Gasteiger partial charge in [-0.3, -0.25) is 9.59 Å². The smallest absolute Gasteiger partial charge is 0.440 e. The highest BCUT2D eigenvalue weighted by Gasteiger charge is 2.44. The first-order valence-corrected chi connectivity index (χ1v) is 16.7. The van der Waals surface area contributed by atoms with Crippen LogP contribution in [0.25, 0.3) is 0 Å². The van der Waals surface area contributed by atoms with Gasteiger partial charge in [0.1, 0.15) is 24.6 Å². The molecule has 0 spiro atoms. The monoisotopic (exact) mass is 732 g/mol. The molecule has 0 saturated carbocycles. The van der Waals surface area contributed by atoms with Gasteiger partial charge in [-0.05, 0) is 77.4 Å². The molecule has 53 heavy (non-hydrogen) atoms. The summed E-state index contributed by atoms with van der Waals surface area (Å²) in [6.45, 7) is 9.53. The molecule has 14 nitrogen and oxygen atoms in total. The number of hydrogen-bond donors (Lipinski definition) is 3. The third-order valence-corrected chi connectivity index (χ3v) is 8.24. The van der Waals surface area contributed by atoms with Gasteiger partial charge in [-0.1, -0.05) is 53.6 Å². The molecule has 1 aliphatic rings. The number of hydrogen-bond acceptors (Lipinski definition) is 12. The van der Waals surface area contributed by atoms with Crippen LogP contribution in [0.1, 0.15) is 70.2 Å². The van der Waals surface area contributed by atoms with Gasteiger partial charge in [-0.15, -0.1) is 5.01 Å². The highest BCUT2D eigenvalue weighted by molar-refractivity contribution is 6.07. The molecule has 3 aromatic rings. The molecule has 0 radical (unpaired) electrons. The standard InChI is InChI=1S/C39H44N2O12/c1-22-16-23(2)18-26(17-22)33(45)41(39(4,5)6)40(34(46)28-14-11-15-31(50-7)24(28)3)38(49)53-37(36(48)51-21-25-12-9-8-10-13-25)52-35(47)27-19-29(42)32(44)30(43)20-27/h8-19,29-30,32,37,42-44H,20-21H2,1-7H3. The zero-order valence-electron chi connectivity index (χ0n) is 30.6. The molecule has 3 aromatic carbocycles. The van der Waals surface area contributed by atoms with Crippen molar-refractivity contribution in [3.8, 4) is 5.75 Å². The summed E-state index contributed by atoms with van der Waals surface area (Å²) in [6.07, 6.45) is -8.39. The molecule has 4 unspecified atom stereocenters. The minimum atomic E-state index is -2.46. The second kappa shape index (κ2) is 16.8. The summed E-state index contributed by atoms with van der Waals surface area (Å²) < 4.78 is 21.5. The average molecular weight is 733 g/mol. The second-order valence-electron chi connectivity index (χ2n) is 13.6. The van der Waals surface area contributed by atoms with Crippen LogP contribution < -0.4 is 4.74 Å². The van der Waals surface area contributed by atoms with Gasteiger partial charge in [-0.2, -0.15) is 0 Å². The van der Waals surface area contributed by atoms with Crippen molar-refractivity contribution in [1.29, 1.82) is 0 Å². The van der Waals surface area contributed by atoms with Crippen molar-refractivity contribution < 1.29 is 58.2 Å². The number of aliphatic hydroxyl groups is 3. The fourth-order valence-electron chi connectivity index (χ4n) is 5.68. The van der Waals surface area contributed by atoms with Crippen LogP contribution in [0.4, 0.5) is 4.79 Å². The lowest BCUT2D eigenvalue weighted by molar-refractivity contribution is -0.192. The number of benzene rings is 3. The van der Waals surface area contributed by atoms with Crippen LogP contribution in [0, 0.1) is 20.8 Å². The number of amides is 3. The topological polar surface area (TPSA) is 189 Å². The first-order chi connectivity index (χ1) is 24.9. The fourth-order valence-corrected chi connectivity index (χ4v) is 5.68. The zero-order valence-corrected chi connectivity index (χ0v) is 30.6. The molecule has 14 heteroatoms. The van der Waals surface area contributed by atoms with Crippen molar-refractivity contribution >= 4 is 29.8 Å². The van der Waals surface area contributed by atoms with E-state index < -0.39 is 66.4 Å². The molecule has 0 saturated heterocycles. The SMILES string of the molecule is COc1cccc(C(=O)N(C(=O)OC(OC(=O)C2=CC(O)C(O)C(O)C2)C(=O)OCc2ccccc2)N(C(=O)c2cc(C)cc(C)c2)C(C)(C)C)c1C. The van der Waals surface area contributed by atoms with Gasteiger partial charge < -0.3 is 34.3 Å². The molecule has 0 aromatic heterocycles. The first kappa shape index (κ1) is 40.2. The van der Waals surface area contributed by atoms with Crippen LogP contribution >= 0.6 is 0 Å². The Morgan fingerprint density at radius 2 is 1.49 bits per heavy atom. The Kier molecular flexibility index (Phi) is 12.8. The number of nitrogens with zero attached hydrogens (tertiary/aromatic N) is 2.